The maximum absolute atomic E-state index is 13.7. The van der Waals surface area contributed by atoms with Crippen LogP contribution in [0.2, 0.25) is 0 Å². The Labute approximate surface area is 124 Å². The van der Waals surface area contributed by atoms with Gasteiger partial charge in [-0.05, 0) is 30.6 Å². The number of hydrogen-bond acceptors (Lipinski definition) is 2. The lowest BCUT2D eigenvalue weighted by atomic mass is 10.0. The van der Waals surface area contributed by atoms with Crippen LogP contribution in [-0.4, -0.2) is 37.0 Å². The second-order valence-corrected chi connectivity index (χ2v) is 4.92. The molecule has 2 aromatic carbocycles. The predicted octanol–water partition coefficient (Wildman–Crippen LogP) is 3.05. The summed E-state index contributed by atoms with van der Waals surface area (Å²) >= 11 is 0. The van der Waals surface area contributed by atoms with Gasteiger partial charge in [0.25, 0.3) is 5.91 Å². The van der Waals surface area contributed by atoms with Gasteiger partial charge in [0.1, 0.15) is 5.82 Å². The van der Waals surface area contributed by atoms with Gasteiger partial charge in [0, 0.05) is 24.0 Å². The molecule has 0 aliphatic carbocycles. The molecular formula is C17H21FN2O. The molecule has 0 bridgehead atoms. The summed E-state index contributed by atoms with van der Waals surface area (Å²) in [5.74, 6) is -0.455. The van der Waals surface area contributed by atoms with Crippen LogP contribution in [0.1, 0.15) is 24.2 Å². The highest BCUT2D eigenvalue weighted by Crippen LogP contribution is 2.21. The van der Waals surface area contributed by atoms with E-state index in [0.29, 0.717) is 22.9 Å². The molecule has 2 aromatic rings. The van der Waals surface area contributed by atoms with E-state index in [0.717, 1.165) is 19.6 Å². The van der Waals surface area contributed by atoms with Crippen molar-refractivity contribution in [3.05, 3.63) is 47.8 Å². The van der Waals surface area contributed by atoms with E-state index in [-0.39, 0.29) is 11.7 Å². The van der Waals surface area contributed by atoms with Crippen LogP contribution in [0.15, 0.2) is 36.4 Å². The number of benzene rings is 2. The molecule has 0 saturated carbocycles. The van der Waals surface area contributed by atoms with Crippen molar-refractivity contribution in [2.24, 2.45) is 0 Å². The highest BCUT2D eigenvalue weighted by molar-refractivity contribution is 6.07. The van der Waals surface area contributed by atoms with E-state index in [1.165, 1.54) is 6.07 Å². The van der Waals surface area contributed by atoms with E-state index in [1.807, 2.05) is 6.07 Å². The van der Waals surface area contributed by atoms with Gasteiger partial charge in [0.15, 0.2) is 0 Å². The van der Waals surface area contributed by atoms with Crippen molar-refractivity contribution < 1.29 is 9.18 Å². The molecule has 0 fully saturated rings. The summed E-state index contributed by atoms with van der Waals surface area (Å²) in [4.78, 5) is 14.5. The first-order valence-electron chi connectivity index (χ1n) is 7.35. The SMILES string of the molecule is CCN(CC)CCNC(=O)c1ccc(F)c2ccccc12. The van der Waals surface area contributed by atoms with Gasteiger partial charge < -0.3 is 10.2 Å². The van der Waals surface area contributed by atoms with Gasteiger partial charge in [0.05, 0.1) is 0 Å². The van der Waals surface area contributed by atoms with Crippen LogP contribution < -0.4 is 5.32 Å². The summed E-state index contributed by atoms with van der Waals surface area (Å²) < 4.78 is 13.7. The van der Waals surface area contributed by atoms with E-state index >= 15 is 0 Å². The highest BCUT2D eigenvalue weighted by atomic mass is 19.1. The van der Waals surface area contributed by atoms with Crippen LogP contribution >= 0.6 is 0 Å². The normalized spacial score (nSPS) is 11.0. The summed E-state index contributed by atoms with van der Waals surface area (Å²) in [6.07, 6.45) is 0. The molecule has 0 aliphatic rings. The molecule has 0 aromatic heterocycles. The van der Waals surface area contributed by atoms with Gasteiger partial charge in [-0.2, -0.15) is 0 Å². The topological polar surface area (TPSA) is 32.3 Å². The van der Waals surface area contributed by atoms with Crippen molar-refractivity contribution in [2.75, 3.05) is 26.2 Å². The zero-order chi connectivity index (χ0) is 15.2. The number of rotatable bonds is 6. The molecule has 21 heavy (non-hydrogen) atoms. The average Bonchev–Trinajstić information content (AvgIpc) is 2.52. The minimum Gasteiger partial charge on any atom is -0.351 e. The Morgan fingerprint density at radius 2 is 1.76 bits per heavy atom. The van der Waals surface area contributed by atoms with E-state index in [2.05, 4.69) is 24.1 Å². The Morgan fingerprint density at radius 1 is 1.10 bits per heavy atom. The van der Waals surface area contributed by atoms with Gasteiger partial charge in [-0.25, -0.2) is 4.39 Å². The number of likely N-dealkylation sites (N-methyl/N-ethyl adjacent to an activating group) is 1. The third-order valence-electron chi connectivity index (χ3n) is 3.72. The molecule has 0 spiro atoms. The number of hydrogen-bond donors (Lipinski definition) is 1. The molecule has 3 nitrogen and oxygen atoms in total. The maximum atomic E-state index is 13.7. The van der Waals surface area contributed by atoms with Crippen molar-refractivity contribution in [1.82, 2.24) is 10.2 Å². The van der Waals surface area contributed by atoms with Crippen LogP contribution in [0, 0.1) is 5.82 Å². The Hall–Kier alpha value is -1.94. The molecule has 0 aliphatic heterocycles. The molecule has 0 atom stereocenters. The largest absolute Gasteiger partial charge is 0.351 e. The van der Waals surface area contributed by atoms with Crippen molar-refractivity contribution in [3.63, 3.8) is 0 Å². The molecule has 1 amide bonds. The van der Waals surface area contributed by atoms with Gasteiger partial charge >= 0.3 is 0 Å². The standard InChI is InChI=1S/C17H21FN2O/c1-3-20(4-2)12-11-19-17(21)15-9-10-16(18)14-8-6-5-7-13(14)15/h5-10H,3-4,11-12H2,1-2H3,(H,19,21). The van der Waals surface area contributed by atoms with Crippen molar-refractivity contribution >= 4 is 16.7 Å². The van der Waals surface area contributed by atoms with E-state index < -0.39 is 0 Å². The lowest BCUT2D eigenvalue weighted by Gasteiger charge is -2.18. The third kappa shape index (κ3) is 3.58. The van der Waals surface area contributed by atoms with Crippen LogP contribution in [0.5, 0.6) is 0 Å². The molecule has 0 saturated heterocycles. The monoisotopic (exact) mass is 288 g/mol. The number of carbonyl (C=O) groups excluding carboxylic acids is 1. The van der Waals surface area contributed by atoms with E-state index in [9.17, 15) is 9.18 Å². The summed E-state index contributed by atoms with van der Waals surface area (Å²) in [6.45, 7) is 7.53. The van der Waals surface area contributed by atoms with Gasteiger partial charge in [-0.3, -0.25) is 4.79 Å². The van der Waals surface area contributed by atoms with Crippen LogP contribution in [-0.2, 0) is 0 Å². The zero-order valence-electron chi connectivity index (χ0n) is 12.5. The molecule has 4 heteroatoms. The first-order chi connectivity index (χ1) is 10.2. The Balaban J connectivity index is 2.11. The lowest BCUT2D eigenvalue weighted by Crippen LogP contribution is -2.34. The Kier molecular flexibility index (Phi) is 5.28. The second-order valence-electron chi connectivity index (χ2n) is 4.92. The smallest absolute Gasteiger partial charge is 0.251 e. The van der Waals surface area contributed by atoms with Crippen molar-refractivity contribution in [2.45, 2.75) is 13.8 Å². The van der Waals surface area contributed by atoms with E-state index in [4.69, 9.17) is 0 Å². The number of carbonyl (C=O) groups is 1. The molecular weight excluding hydrogens is 267 g/mol. The Bertz CT molecular complexity index is 623. The van der Waals surface area contributed by atoms with Crippen LogP contribution in [0.4, 0.5) is 4.39 Å². The van der Waals surface area contributed by atoms with Gasteiger partial charge in [0.2, 0.25) is 0 Å². The highest BCUT2D eigenvalue weighted by Gasteiger charge is 2.12. The summed E-state index contributed by atoms with van der Waals surface area (Å²) in [7, 11) is 0. The lowest BCUT2D eigenvalue weighted by molar-refractivity contribution is 0.0950. The number of nitrogens with one attached hydrogen (secondary N) is 1. The fraction of sp³-hybridized carbons (Fsp3) is 0.353. The second kappa shape index (κ2) is 7.18. The molecule has 2 rings (SSSR count). The number of halogens is 1. The minimum atomic E-state index is -0.301. The van der Waals surface area contributed by atoms with Crippen LogP contribution in [0.25, 0.3) is 10.8 Å². The van der Waals surface area contributed by atoms with Gasteiger partial charge in [-0.15, -0.1) is 0 Å². The molecule has 0 radical (unpaired) electrons. The number of nitrogens with zero attached hydrogens (tertiary/aromatic N) is 1. The minimum absolute atomic E-state index is 0.154. The maximum Gasteiger partial charge on any atom is 0.251 e. The summed E-state index contributed by atoms with van der Waals surface area (Å²) in [5, 5.41) is 4.04. The van der Waals surface area contributed by atoms with E-state index in [1.54, 1.807) is 24.3 Å². The molecule has 0 heterocycles. The summed E-state index contributed by atoms with van der Waals surface area (Å²) in [5.41, 5.74) is 0.520. The molecule has 112 valence electrons. The first kappa shape index (κ1) is 15.4. The molecule has 0 unspecified atom stereocenters. The fourth-order valence-corrected chi connectivity index (χ4v) is 2.42. The zero-order valence-corrected chi connectivity index (χ0v) is 12.5. The quantitative estimate of drug-likeness (QED) is 0.886. The summed E-state index contributed by atoms with van der Waals surface area (Å²) in [6, 6.07) is 9.95. The number of fused-ring (bicyclic) bond motifs is 1. The van der Waals surface area contributed by atoms with Crippen LogP contribution in [0.3, 0.4) is 0 Å². The van der Waals surface area contributed by atoms with Gasteiger partial charge in [-0.1, -0.05) is 38.1 Å². The van der Waals surface area contributed by atoms with Crippen molar-refractivity contribution in [1.29, 1.82) is 0 Å². The fourth-order valence-electron chi connectivity index (χ4n) is 2.42. The first-order valence-corrected chi connectivity index (χ1v) is 7.35. The third-order valence-corrected chi connectivity index (χ3v) is 3.72. The molecule has 1 N–H and O–H groups in total. The predicted molar refractivity (Wildman–Crippen MR) is 84.0 cm³/mol. The van der Waals surface area contributed by atoms with Crippen molar-refractivity contribution in [3.8, 4) is 0 Å². The average molecular weight is 288 g/mol. The number of amides is 1. The Morgan fingerprint density at radius 3 is 2.43 bits per heavy atom.